The van der Waals surface area contributed by atoms with Gasteiger partial charge in [0.25, 0.3) is 5.91 Å². The van der Waals surface area contributed by atoms with Crippen LogP contribution in [0.25, 0.3) is 0 Å². The summed E-state index contributed by atoms with van der Waals surface area (Å²) in [6.07, 6.45) is 3.55. The van der Waals surface area contributed by atoms with Gasteiger partial charge in [-0.15, -0.1) is 11.3 Å². The van der Waals surface area contributed by atoms with Crippen molar-refractivity contribution in [2.75, 3.05) is 19.0 Å². The molecular formula is C17H19N3O3S. The maximum absolute atomic E-state index is 12.9. The fraction of sp³-hybridized carbons (Fsp3) is 0.353. The number of carbonyl (C=O) groups excluding carboxylic acids is 2. The molecule has 1 aliphatic rings. The van der Waals surface area contributed by atoms with Crippen molar-refractivity contribution in [1.29, 1.82) is 0 Å². The molecule has 24 heavy (non-hydrogen) atoms. The first-order valence-corrected chi connectivity index (χ1v) is 8.56. The second kappa shape index (κ2) is 7.00. The smallest absolute Gasteiger partial charge is 0.258 e. The second-order valence-electron chi connectivity index (χ2n) is 5.69. The van der Waals surface area contributed by atoms with E-state index in [0.717, 1.165) is 17.7 Å². The molecule has 1 aliphatic carbocycles. The van der Waals surface area contributed by atoms with Crippen molar-refractivity contribution >= 4 is 28.3 Å². The minimum Gasteiger partial charge on any atom is -0.496 e. The summed E-state index contributed by atoms with van der Waals surface area (Å²) < 4.78 is 5.26. The number of benzene rings is 1. The Bertz CT molecular complexity index is 755. The van der Waals surface area contributed by atoms with Crippen LogP contribution in [0.4, 0.5) is 5.13 Å². The summed E-state index contributed by atoms with van der Waals surface area (Å²) in [7, 11) is 1.53. The van der Waals surface area contributed by atoms with Crippen molar-refractivity contribution in [3.05, 3.63) is 40.9 Å². The molecular weight excluding hydrogens is 326 g/mol. The van der Waals surface area contributed by atoms with E-state index in [1.807, 2.05) is 13.0 Å². The van der Waals surface area contributed by atoms with Crippen LogP contribution in [0.2, 0.25) is 0 Å². The van der Waals surface area contributed by atoms with Crippen LogP contribution >= 0.6 is 11.3 Å². The molecule has 0 spiro atoms. The highest BCUT2D eigenvalue weighted by Gasteiger charge is 2.35. The molecule has 1 aromatic heterocycles. The van der Waals surface area contributed by atoms with Gasteiger partial charge in [-0.1, -0.05) is 12.1 Å². The molecule has 1 fully saturated rings. The van der Waals surface area contributed by atoms with Crippen LogP contribution < -0.4 is 10.1 Å². The lowest BCUT2D eigenvalue weighted by molar-refractivity contribution is -0.117. The third-order valence-corrected chi connectivity index (χ3v) is 4.60. The van der Waals surface area contributed by atoms with Crippen molar-refractivity contribution in [3.63, 3.8) is 0 Å². The van der Waals surface area contributed by atoms with Gasteiger partial charge in [0.1, 0.15) is 12.3 Å². The Morgan fingerprint density at radius 3 is 2.75 bits per heavy atom. The Labute approximate surface area is 144 Å². The van der Waals surface area contributed by atoms with E-state index in [1.54, 1.807) is 29.3 Å². The number of rotatable bonds is 6. The summed E-state index contributed by atoms with van der Waals surface area (Å²) in [4.78, 5) is 31.9. The molecule has 7 heteroatoms. The zero-order valence-electron chi connectivity index (χ0n) is 13.6. The number of anilines is 1. The Morgan fingerprint density at radius 2 is 2.12 bits per heavy atom. The Hall–Kier alpha value is -2.41. The maximum Gasteiger partial charge on any atom is 0.258 e. The lowest BCUT2D eigenvalue weighted by Gasteiger charge is -2.22. The standard InChI is InChI=1S/C17H19N3O3S/c1-11-9-18-17(24-11)19-15(21)10-20(12-7-8-12)16(22)13-5-3-4-6-14(13)23-2/h3-6,9,12H,7-8,10H2,1-2H3,(H,18,19,21). The predicted molar refractivity (Wildman–Crippen MR) is 92.5 cm³/mol. The molecule has 0 atom stereocenters. The number of thiazole rings is 1. The van der Waals surface area contributed by atoms with E-state index in [9.17, 15) is 9.59 Å². The first-order chi connectivity index (χ1) is 11.6. The largest absolute Gasteiger partial charge is 0.496 e. The Balaban J connectivity index is 1.72. The van der Waals surface area contributed by atoms with Crippen LogP contribution in [-0.2, 0) is 4.79 Å². The molecule has 0 saturated heterocycles. The number of carbonyl (C=O) groups is 2. The van der Waals surface area contributed by atoms with Gasteiger partial charge in [-0.2, -0.15) is 0 Å². The van der Waals surface area contributed by atoms with Crippen molar-refractivity contribution in [1.82, 2.24) is 9.88 Å². The highest BCUT2D eigenvalue weighted by molar-refractivity contribution is 7.15. The number of hydrogen-bond acceptors (Lipinski definition) is 5. The lowest BCUT2D eigenvalue weighted by Crippen LogP contribution is -2.39. The van der Waals surface area contributed by atoms with Crippen LogP contribution in [-0.4, -0.2) is 41.4 Å². The van der Waals surface area contributed by atoms with Gasteiger partial charge >= 0.3 is 0 Å². The minimum atomic E-state index is -0.237. The van der Waals surface area contributed by atoms with Crippen LogP contribution in [0.15, 0.2) is 30.5 Å². The number of methoxy groups -OCH3 is 1. The van der Waals surface area contributed by atoms with Crippen LogP contribution in [0.1, 0.15) is 28.1 Å². The average Bonchev–Trinajstić information content (AvgIpc) is 3.34. The SMILES string of the molecule is COc1ccccc1C(=O)N(CC(=O)Nc1ncc(C)s1)C1CC1. The second-order valence-corrected chi connectivity index (χ2v) is 6.92. The number of aromatic nitrogens is 1. The molecule has 1 heterocycles. The molecule has 126 valence electrons. The molecule has 6 nitrogen and oxygen atoms in total. The first kappa shape index (κ1) is 16.4. The highest BCUT2D eigenvalue weighted by Crippen LogP contribution is 2.30. The summed E-state index contributed by atoms with van der Waals surface area (Å²) in [6.45, 7) is 1.94. The molecule has 0 bridgehead atoms. The summed E-state index contributed by atoms with van der Waals surface area (Å²) in [5, 5.41) is 3.31. The summed E-state index contributed by atoms with van der Waals surface area (Å²) >= 11 is 1.41. The van der Waals surface area contributed by atoms with E-state index in [-0.39, 0.29) is 24.4 Å². The monoisotopic (exact) mass is 345 g/mol. The quantitative estimate of drug-likeness (QED) is 0.874. The van der Waals surface area contributed by atoms with Gasteiger partial charge in [0, 0.05) is 17.1 Å². The summed E-state index contributed by atoms with van der Waals surface area (Å²) in [5.41, 5.74) is 0.477. The first-order valence-electron chi connectivity index (χ1n) is 7.74. The zero-order chi connectivity index (χ0) is 17.1. The van der Waals surface area contributed by atoms with Crippen molar-refractivity contribution < 1.29 is 14.3 Å². The Kier molecular flexibility index (Phi) is 4.80. The van der Waals surface area contributed by atoms with E-state index in [0.29, 0.717) is 16.4 Å². The number of nitrogens with one attached hydrogen (secondary N) is 1. The van der Waals surface area contributed by atoms with Crippen molar-refractivity contribution in [2.24, 2.45) is 0 Å². The van der Waals surface area contributed by atoms with Crippen LogP contribution in [0.5, 0.6) is 5.75 Å². The number of hydrogen-bond donors (Lipinski definition) is 1. The van der Waals surface area contributed by atoms with E-state index in [2.05, 4.69) is 10.3 Å². The van der Waals surface area contributed by atoms with Gasteiger partial charge in [0.05, 0.1) is 12.7 Å². The predicted octanol–water partition coefficient (Wildman–Crippen LogP) is 2.70. The number of amides is 2. The maximum atomic E-state index is 12.9. The minimum absolute atomic E-state index is 0.0141. The molecule has 2 amide bonds. The third kappa shape index (κ3) is 3.73. The van der Waals surface area contributed by atoms with E-state index in [1.165, 1.54) is 18.4 Å². The lowest BCUT2D eigenvalue weighted by atomic mass is 10.1. The Morgan fingerprint density at radius 1 is 1.38 bits per heavy atom. The van der Waals surface area contributed by atoms with Gasteiger partial charge < -0.3 is 15.0 Å². The van der Waals surface area contributed by atoms with Crippen molar-refractivity contribution in [2.45, 2.75) is 25.8 Å². The van der Waals surface area contributed by atoms with Gasteiger partial charge in [-0.25, -0.2) is 4.98 Å². The fourth-order valence-corrected chi connectivity index (χ4v) is 3.14. The van der Waals surface area contributed by atoms with Gasteiger partial charge in [0.2, 0.25) is 5.91 Å². The zero-order valence-corrected chi connectivity index (χ0v) is 14.4. The van der Waals surface area contributed by atoms with Gasteiger partial charge in [-0.3, -0.25) is 9.59 Å². The van der Waals surface area contributed by atoms with E-state index >= 15 is 0 Å². The number of ether oxygens (including phenoxy) is 1. The van der Waals surface area contributed by atoms with E-state index < -0.39 is 0 Å². The average molecular weight is 345 g/mol. The topological polar surface area (TPSA) is 71.5 Å². The normalized spacial score (nSPS) is 13.4. The number of para-hydroxylation sites is 1. The number of nitrogens with zero attached hydrogens (tertiary/aromatic N) is 2. The van der Waals surface area contributed by atoms with Gasteiger partial charge in [0.15, 0.2) is 5.13 Å². The molecule has 2 aromatic rings. The van der Waals surface area contributed by atoms with Crippen LogP contribution in [0.3, 0.4) is 0 Å². The molecule has 1 N–H and O–H groups in total. The van der Waals surface area contributed by atoms with Crippen molar-refractivity contribution in [3.8, 4) is 5.75 Å². The highest BCUT2D eigenvalue weighted by atomic mass is 32.1. The van der Waals surface area contributed by atoms with Gasteiger partial charge in [-0.05, 0) is 31.9 Å². The summed E-state index contributed by atoms with van der Waals surface area (Å²) in [6, 6.07) is 7.19. The molecule has 0 radical (unpaired) electrons. The molecule has 1 aromatic carbocycles. The molecule has 0 unspecified atom stereocenters. The number of aryl methyl sites for hydroxylation is 1. The third-order valence-electron chi connectivity index (χ3n) is 3.77. The van der Waals surface area contributed by atoms with E-state index in [4.69, 9.17) is 4.74 Å². The van der Waals surface area contributed by atoms with Crippen LogP contribution in [0, 0.1) is 6.92 Å². The molecule has 3 rings (SSSR count). The summed E-state index contributed by atoms with van der Waals surface area (Å²) in [5.74, 6) is 0.101. The molecule has 1 saturated carbocycles. The fourth-order valence-electron chi connectivity index (χ4n) is 2.45. The molecule has 0 aliphatic heterocycles.